The molecule has 1 aliphatic rings. The third kappa shape index (κ3) is 3.73. The monoisotopic (exact) mass is 438 g/mol. The fourth-order valence-corrected chi connectivity index (χ4v) is 5.81. The molecule has 1 saturated heterocycles. The number of aromatic nitrogens is 2. The van der Waals surface area contributed by atoms with Gasteiger partial charge in [0.1, 0.15) is 5.75 Å². The van der Waals surface area contributed by atoms with Crippen LogP contribution in [0.2, 0.25) is 0 Å². The summed E-state index contributed by atoms with van der Waals surface area (Å²) < 4.78 is 7.51. The maximum absolute atomic E-state index is 12.9. The molecule has 6 nitrogen and oxygen atoms in total. The van der Waals surface area contributed by atoms with E-state index in [4.69, 9.17) is 9.72 Å². The van der Waals surface area contributed by atoms with E-state index in [1.165, 1.54) is 16.9 Å². The average molecular weight is 439 g/mol. The number of ether oxygens (including phenoxy) is 1. The van der Waals surface area contributed by atoms with Crippen molar-refractivity contribution in [2.75, 3.05) is 30.4 Å². The highest BCUT2D eigenvalue weighted by atomic mass is 32.1. The summed E-state index contributed by atoms with van der Waals surface area (Å²) in [7, 11) is 1.67. The van der Waals surface area contributed by atoms with Crippen LogP contribution in [-0.2, 0) is 4.79 Å². The molecule has 154 valence electrons. The lowest BCUT2D eigenvalue weighted by molar-refractivity contribution is -0.120. The molecule has 0 saturated carbocycles. The number of methoxy groups -OCH3 is 1. The second kappa shape index (κ2) is 7.85. The van der Waals surface area contributed by atoms with Crippen LogP contribution in [0.3, 0.4) is 0 Å². The smallest absolute Gasteiger partial charge is 0.231 e. The highest BCUT2D eigenvalue weighted by molar-refractivity contribution is 7.22. The van der Waals surface area contributed by atoms with Gasteiger partial charge in [-0.05, 0) is 55.7 Å². The van der Waals surface area contributed by atoms with E-state index in [0.717, 1.165) is 50.7 Å². The Bertz CT molecular complexity index is 1230. The van der Waals surface area contributed by atoms with E-state index in [1.807, 2.05) is 30.3 Å². The SMILES string of the molecule is COc1ccc2nc(N3CCCC(C(=O)Nc4nc5ccc(C)cc5s4)C3)sc2c1. The first-order chi connectivity index (χ1) is 14.6. The predicted octanol–water partition coefficient (Wildman–Crippen LogP) is 5.08. The summed E-state index contributed by atoms with van der Waals surface area (Å²) >= 11 is 3.18. The molecule has 8 heteroatoms. The van der Waals surface area contributed by atoms with Crippen LogP contribution in [0, 0.1) is 12.8 Å². The Morgan fingerprint density at radius 3 is 2.80 bits per heavy atom. The number of benzene rings is 2. The Balaban J connectivity index is 1.31. The lowest BCUT2D eigenvalue weighted by Gasteiger charge is -2.31. The van der Waals surface area contributed by atoms with Crippen molar-refractivity contribution in [2.24, 2.45) is 5.92 Å². The normalized spacial score (nSPS) is 16.9. The largest absolute Gasteiger partial charge is 0.497 e. The van der Waals surface area contributed by atoms with Crippen molar-refractivity contribution in [1.29, 1.82) is 0 Å². The highest BCUT2D eigenvalue weighted by Gasteiger charge is 2.28. The molecular weight excluding hydrogens is 416 g/mol. The first kappa shape index (κ1) is 19.3. The van der Waals surface area contributed by atoms with E-state index < -0.39 is 0 Å². The summed E-state index contributed by atoms with van der Waals surface area (Å²) in [6.07, 6.45) is 1.85. The fourth-order valence-electron chi connectivity index (χ4n) is 3.81. The van der Waals surface area contributed by atoms with Crippen molar-refractivity contribution in [3.8, 4) is 5.75 Å². The number of nitrogens with one attached hydrogen (secondary N) is 1. The van der Waals surface area contributed by atoms with Crippen molar-refractivity contribution in [3.05, 3.63) is 42.0 Å². The Hall–Kier alpha value is -2.71. The van der Waals surface area contributed by atoms with Gasteiger partial charge in [0.2, 0.25) is 5.91 Å². The third-order valence-corrected chi connectivity index (χ3v) is 7.43. The summed E-state index contributed by atoms with van der Waals surface area (Å²) in [5, 5.41) is 4.68. The summed E-state index contributed by atoms with van der Waals surface area (Å²) in [6, 6.07) is 12.1. The molecule has 1 atom stereocenters. The van der Waals surface area contributed by atoms with Gasteiger partial charge in [0.25, 0.3) is 0 Å². The zero-order valence-corrected chi connectivity index (χ0v) is 18.5. The van der Waals surface area contributed by atoms with Gasteiger partial charge >= 0.3 is 0 Å². The van der Waals surface area contributed by atoms with Crippen molar-refractivity contribution in [3.63, 3.8) is 0 Å². The van der Waals surface area contributed by atoms with E-state index in [-0.39, 0.29) is 11.8 Å². The first-order valence-electron chi connectivity index (χ1n) is 9.96. The zero-order chi connectivity index (χ0) is 20.7. The van der Waals surface area contributed by atoms with Crippen LogP contribution in [0.5, 0.6) is 5.75 Å². The van der Waals surface area contributed by atoms with Gasteiger partial charge in [0.05, 0.1) is 33.5 Å². The van der Waals surface area contributed by atoms with Crippen molar-refractivity contribution in [1.82, 2.24) is 9.97 Å². The minimum atomic E-state index is -0.0750. The number of hydrogen-bond acceptors (Lipinski definition) is 7. The topological polar surface area (TPSA) is 67.3 Å². The van der Waals surface area contributed by atoms with Gasteiger partial charge < -0.3 is 15.0 Å². The Kier molecular flexibility index (Phi) is 5.04. The molecule has 1 unspecified atom stereocenters. The Morgan fingerprint density at radius 1 is 1.13 bits per heavy atom. The van der Waals surface area contributed by atoms with Gasteiger partial charge in [-0.3, -0.25) is 4.79 Å². The Labute approximate surface area is 182 Å². The molecule has 0 aliphatic carbocycles. The summed E-state index contributed by atoms with van der Waals surface area (Å²) in [4.78, 5) is 24.5. The van der Waals surface area contributed by atoms with E-state index in [1.54, 1.807) is 18.4 Å². The standard InChI is InChI=1S/C22H22N4O2S2/c1-13-5-7-16-18(10-13)29-21(23-16)25-20(27)14-4-3-9-26(12-14)22-24-17-8-6-15(28-2)11-19(17)30-22/h5-8,10-11,14H,3-4,9,12H2,1-2H3,(H,23,25,27). The van der Waals surface area contributed by atoms with Gasteiger partial charge in [-0.1, -0.05) is 28.7 Å². The van der Waals surface area contributed by atoms with Gasteiger partial charge in [-0.15, -0.1) is 0 Å². The first-order valence-corrected chi connectivity index (χ1v) is 11.6. The van der Waals surface area contributed by atoms with Crippen LogP contribution < -0.4 is 15.0 Å². The van der Waals surface area contributed by atoms with Crippen molar-refractivity contribution in [2.45, 2.75) is 19.8 Å². The molecule has 0 spiro atoms. The lowest BCUT2D eigenvalue weighted by atomic mass is 9.97. The molecule has 1 fully saturated rings. The average Bonchev–Trinajstić information content (AvgIpc) is 3.36. The number of aryl methyl sites for hydroxylation is 1. The second-order valence-electron chi connectivity index (χ2n) is 7.59. The number of thiazole rings is 2. The van der Waals surface area contributed by atoms with E-state index >= 15 is 0 Å². The summed E-state index contributed by atoms with van der Waals surface area (Å²) in [5.74, 6) is 0.798. The molecule has 1 amide bonds. The number of amides is 1. The van der Waals surface area contributed by atoms with Gasteiger partial charge in [-0.2, -0.15) is 0 Å². The number of carbonyl (C=O) groups is 1. The number of rotatable bonds is 4. The summed E-state index contributed by atoms with van der Waals surface area (Å²) in [5.41, 5.74) is 3.09. The van der Waals surface area contributed by atoms with Crippen LogP contribution >= 0.6 is 22.7 Å². The molecule has 1 aliphatic heterocycles. The van der Waals surface area contributed by atoms with E-state index in [9.17, 15) is 4.79 Å². The van der Waals surface area contributed by atoms with Gasteiger partial charge in [-0.25, -0.2) is 9.97 Å². The minimum Gasteiger partial charge on any atom is -0.497 e. The second-order valence-corrected chi connectivity index (χ2v) is 9.63. The third-order valence-electron chi connectivity index (χ3n) is 5.42. The van der Waals surface area contributed by atoms with Gasteiger partial charge in [0.15, 0.2) is 10.3 Å². The van der Waals surface area contributed by atoms with Crippen molar-refractivity contribution >= 4 is 59.3 Å². The molecule has 2 aromatic heterocycles. The van der Waals surface area contributed by atoms with Crippen LogP contribution in [0.4, 0.5) is 10.3 Å². The van der Waals surface area contributed by atoms with Crippen LogP contribution in [0.25, 0.3) is 20.4 Å². The van der Waals surface area contributed by atoms with E-state index in [2.05, 4.69) is 28.2 Å². The predicted molar refractivity (Wildman–Crippen MR) is 124 cm³/mol. The molecule has 0 radical (unpaired) electrons. The quantitative estimate of drug-likeness (QED) is 0.481. The number of carbonyl (C=O) groups excluding carboxylic acids is 1. The zero-order valence-electron chi connectivity index (χ0n) is 16.8. The van der Waals surface area contributed by atoms with Crippen LogP contribution in [0.15, 0.2) is 36.4 Å². The van der Waals surface area contributed by atoms with Gasteiger partial charge in [0, 0.05) is 13.1 Å². The molecular formula is C22H22N4O2S2. The molecule has 2 aromatic carbocycles. The minimum absolute atomic E-state index is 0.0401. The molecule has 4 aromatic rings. The summed E-state index contributed by atoms with van der Waals surface area (Å²) in [6.45, 7) is 3.65. The van der Waals surface area contributed by atoms with E-state index in [0.29, 0.717) is 11.7 Å². The maximum atomic E-state index is 12.9. The number of fused-ring (bicyclic) bond motifs is 2. The van der Waals surface area contributed by atoms with Crippen molar-refractivity contribution < 1.29 is 9.53 Å². The number of nitrogens with zero attached hydrogens (tertiary/aromatic N) is 3. The number of anilines is 2. The fraction of sp³-hybridized carbons (Fsp3) is 0.318. The molecule has 0 bridgehead atoms. The molecule has 30 heavy (non-hydrogen) atoms. The molecule has 1 N–H and O–H groups in total. The maximum Gasteiger partial charge on any atom is 0.231 e. The van der Waals surface area contributed by atoms with Crippen LogP contribution in [0.1, 0.15) is 18.4 Å². The lowest BCUT2D eigenvalue weighted by Crippen LogP contribution is -2.40. The number of piperidine rings is 1. The molecule has 3 heterocycles. The highest BCUT2D eigenvalue weighted by Crippen LogP contribution is 2.34. The van der Waals surface area contributed by atoms with Crippen LogP contribution in [-0.4, -0.2) is 36.1 Å². The number of hydrogen-bond donors (Lipinski definition) is 1. The molecule has 5 rings (SSSR count). The Morgan fingerprint density at radius 2 is 1.93 bits per heavy atom.